The van der Waals surface area contributed by atoms with Crippen LogP contribution in [-0.4, -0.2) is 12.5 Å². The van der Waals surface area contributed by atoms with Crippen LogP contribution in [0, 0.1) is 5.92 Å². The topological polar surface area (TPSA) is 55.1 Å². The van der Waals surface area contributed by atoms with Gasteiger partial charge in [0.15, 0.2) is 0 Å². The zero-order valence-electron chi connectivity index (χ0n) is 12.8. The molecule has 0 aliphatic rings. The molecule has 0 bridgehead atoms. The Balaban J connectivity index is 2.23. The zero-order chi connectivity index (χ0) is 14.8. The number of hydrogen-bond acceptors (Lipinski definition) is 2. The van der Waals surface area contributed by atoms with E-state index in [9.17, 15) is 4.79 Å². The third kappa shape index (κ3) is 6.60. The highest BCUT2D eigenvalue weighted by Gasteiger charge is 2.11. The van der Waals surface area contributed by atoms with Crippen molar-refractivity contribution >= 4 is 11.6 Å². The quantitative estimate of drug-likeness (QED) is 0.678. The highest BCUT2D eigenvalue weighted by Crippen LogP contribution is 2.16. The van der Waals surface area contributed by atoms with Crippen LogP contribution >= 0.6 is 0 Å². The average Bonchev–Trinajstić information content (AvgIpc) is 2.45. The summed E-state index contributed by atoms with van der Waals surface area (Å²) in [5.41, 5.74) is 7.63. The SMILES string of the molecule is CCCCC(CC)CC(=O)NCCc1ccc(N)cc1. The van der Waals surface area contributed by atoms with Crippen LogP contribution in [0.25, 0.3) is 0 Å². The fraction of sp³-hybridized carbons (Fsp3) is 0.588. The number of amides is 1. The second-order valence-corrected chi connectivity index (χ2v) is 5.46. The van der Waals surface area contributed by atoms with Gasteiger partial charge in [0, 0.05) is 18.7 Å². The Morgan fingerprint density at radius 1 is 1.25 bits per heavy atom. The Morgan fingerprint density at radius 3 is 2.55 bits per heavy atom. The second kappa shape index (κ2) is 9.40. The molecule has 0 fully saturated rings. The Bertz CT molecular complexity index is 386. The maximum absolute atomic E-state index is 11.9. The van der Waals surface area contributed by atoms with E-state index in [0.29, 0.717) is 18.9 Å². The monoisotopic (exact) mass is 276 g/mol. The smallest absolute Gasteiger partial charge is 0.220 e. The van der Waals surface area contributed by atoms with Gasteiger partial charge in [0.05, 0.1) is 0 Å². The third-order valence-electron chi connectivity index (χ3n) is 3.73. The summed E-state index contributed by atoms with van der Waals surface area (Å²) in [6.07, 6.45) is 6.20. The highest BCUT2D eigenvalue weighted by atomic mass is 16.1. The normalized spacial score (nSPS) is 12.1. The van der Waals surface area contributed by atoms with Crippen molar-refractivity contribution in [3.63, 3.8) is 0 Å². The number of rotatable bonds is 9. The van der Waals surface area contributed by atoms with E-state index in [1.54, 1.807) is 0 Å². The lowest BCUT2D eigenvalue weighted by atomic mass is 9.95. The molecule has 0 aliphatic heterocycles. The fourth-order valence-corrected chi connectivity index (χ4v) is 2.31. The van der Waals surface area contributed by atoms with E-state index in [4.69, 9.17) is 5.73 Å². The summed E-state index contributed by atoms with van der Waals surface area (Å²) < 4.78 is 0. The second-order valence-electron chi connectivity index (χ2n) is 5.46. The Kier molecular flexibility index (Phi) is 7.78. The molecule has 1 rings (SSSR count). The molecule has 1 aromatic carbocycles. The minimum atomic E-state index is 0.184. The lowest BCUT2D eigenvalue weighted by molar-refractivity contribution is -0.122. The number of carbonyl (C=O) groups excluding carboxylic acids is 1. The minimum Gasteiger partial charge on any atom is -0.399 e. The van der Waals surface area contributed by atoms with E-state index in [2.05, 4.69) is 19.2 Å². The molecule has 0 aromatic heterocycles. The zero-order valence-corrected chi connectivity index (χ0v) is 12.8. The predicted octanol–water partition coefficient (Wildman–Crippen LogP) is 3.53. The molecule has 112 valence electrons. The molecule has 0 saturated carbocycles. The number of carbonyl (C=O) groups is 1. The summed E-state index contributed by atoms with van der Waals surface area (Å²) in [7, 11) is 0. The van der Waals surface area contributed by atoms with Gasteiger partial charge in [0.2, 0.25) is 5.91 Å². The van der Waals surface area contributed by atoms with Gasteiger partial charge in [-0.2, -0.15) is 0 Å². The Morgan fingerprint density at radius 2 is 1.95 bits per heavy atom. The molecule has 1 unspecified atom stereocenters. The number of nitrogens with two attached hydrogens (primary N) is 1. The van der Waals surface area contributed by atoms with Crippen molar-refractivity contribution in [2.75, 3.05) is 12.3 Å². The van der Waals surface area contributed by atoms with Gasteiger partial charge in [-0.3, -0.25) is 4.79 Å². The number of benzene rings is 1. The molecule has 3 N–H and O–H groups in total. The first-order chi connectivity index (χ1) is 9.65. The first kappa shape index (κ1) is 16.5. The lowest BCUT2D eigenvalue weighted by Gasteiger charge is -2.14. The van der Waals surface area contributed by atoms with Gasteiger partial charge in [-0.1, -0.05) is 45.2 Å². The fourth-order valence-electron chi connectivity index (χ4n) is 2.31. The van der Waals surface area contributed by atoms with Crippen molar-refractivity contribution in [2.45, 2.75) is 52.4 Å². The molecular formula is C17H28N2O. The van der Waals surface area contributed by atoms with Gasteiger partial charge >= 0.3 is 0 Å². The largest absolute Gasteiger partial charge is 0.399 e. The van der Waals surface area contributed by atoms with E-state index >= 15 is 0 Å². The number of unbranched alkanes of at least 4 members (excludes halogenated alkanes) is 1. The van der Waals surface area contributed by atoms with Crippen LogP contribution < -0.4 is 11.1 Å². The van der Waals surface area contributed by atoms with Gasteiger partial charge < -0.3 is 11.1 Å². The van der Waals surface area contributed by atoms with Gasteiger partial charge in [-0.15, -0.1) is 0 Å². The predicted molar refractivity (Wildman–Crippen MR) is 85.5 cm³/mol. The minimum absolute atomic E-state index is 0.184. The summed E-state index contributed by atoms with van der Waals surface area (Å²) in [5, 5.41) is 3.02. The average molecular weight is 276 g/mol. The molecule has 3 heteroatoms. The Labute approximate surface area is 122 Å². The molecule has 0 heterocycles. The van der Waals surface area contributed by atoms with E-state index in [1.165, 1.54) is 24.8 Å². The summed E-state index contributed by atoms with van der Waals surface area (Å²) >= 11 is 0. The van der Waals surface area contributed by atoms with Crippen LogP contribution in [0.3, 0.4) is 0 Å². The van der Waals surface area contributed by atoms with Crippen LogP contribution in [0.4, 0.5) is 5.69 Å². The van der Waals surface area contributed by atoms with E-state index in [1.807, 2.05) is 24.3 Å². The third-order valence-corrected chi connectivity index (χ3v) is 3.73. The molecule has 0 spiro atoms. The van der Waals surface area contributed by atoms with Crippen molar-refractivity contribution in [1.82, 2.24) is 5.32 Å². The number of nitrogen functional groups attached to an aromatic ring is 1. The van der Waals surface area contributed by atoms with E-state index < -0.39 is 0 Å². The van der Waals surface area contributed by atoms with E-state index in [-0.39, 0.29) is 5.91 Å². The molecule has 1 aromatic rings. The van der Waals surface area contributed by atoms with Gasteiger partial charge in [-0.25, -0.2) is 0 Å². The van der Waals surface area contributed by atoms with Crippen LogP contribution in [-0.2, 0) is 11.2 Å². The summed E-state index contributed by atoms with van der Waals surface area (Å²) in [6.45, 7) is 5.06. The van der Waals surface area contributed by atoms with Crippen LogP contribution in [0.5, 0.6) is 0 Å². The number of hydrogen-bond donors (Lipinski definition) is 2. The van der Waals surface area contributed by atoms with Crippen molar-refractivity contribution in [3.05, 3.63) is 29.8 Å². The molecule has 0 aliphatic carbocycles. The van der Waals surface area contributed by atoms with Gasteiger partial charge in [-0.05, 0) is 36.5 Å². The van der Waals surface area contributed by atoms with Crippen molar-refractivity contribution in [1.29, 1.82) is 0 Å². The standard InChI is InChI=1S/C17H28N2O/c1-3-5-6-14(4-2)13-17(20)19-12-11-15-7-9-16(18)10-8-15/h7-10,14H,3-6,11-13,18H2,1-2H3,(H,19,20). The molecule has 0 saturated heterocycles. The molecule has 20 heavy (non-hydrogen) atoms. The Hall–Kier alpha value is -1.51. The van der Waals surface area contributed by atoms with E-state index in [0.717, 1.165) is 18.5 Å². The maximum atomic E-state index is 11.9. The van der Waals surface area contributed by atoms with Crippen LogP contribution in [0.1, 0.15) is 51.5 Å². The molecular weight excluding hydrogens is 248 g/mol. The van der Waals surface area contributed by atoms with Crippen molar-refractivity contribution in [2.24, 2.45) is 5.92 Å². The first-order valence-corrected chi connectivity index (χ1v) is 7.76. The summed E-state index contributed by atoms with van der Waals surface area (Å²) in [6, 6.07) is 7.82. The van der Waals surface area contributed by atoms with Crippen molar-refractivity contribution < 1.29 is 4.79 Å². The summed E-state index contributed by atoms with van der Waals surface area (Å²) in [4.78, 5) is 11.9. The maximum Gasteiger partial charge on any atom is 0.220 e. The van der Waals surface area contributed by atoms with Gasteiger partial charge in [0.1, 0.15) is 0 Å². The molecule has 0 radical (unpaired) electrons. The number of nitrogens with one attached hydrogen (secondary N) is 1. The molecule has 1 amide bonds. The first-order valence-electron chi connectivity index (χ1n) is 7.76. The van der Waals surface area contributed by atoms with Crippen LogP contribution in [0.2, 0.25) is 0 Å². The van der Waals surface area contributed by atoms with Gasteiger partial charge in [0.25, 0.3) is 0 Å². The molecule has 3 nitrogen and oxygen atoms in total. The van der Waals surface area contributed by atoms with Crippen molar-refractivity contribution in [3.8, 4) is 0 Å². The highest BCUT2D eigenvalue weighted by molar-refractivity contribution is 5.76. The number of anilines is 1. The summed E-state index contributed by atoms with van der Waals surface area (Å²) in [5.74, 6) is 0.717. The molecule has 1 atom stereocenters. The lowest BCUT2D eigenvalue weighted by Crippen LogP contribution is -2.27. The van der Waals surface area contributed by atoms with Crippen LogP contribution in [0.15, 0.2) is 24.3 Å².